The van der Waals surface area contributed by atoms with E-state index in [0.717, 1.165) is 27.1 Å². The summed E-state index contributed by atoms with van der Waals surface area (Å²) in [7, 11) is 1.36. The van der Waals surface area contributed by atoms with E-state index in [9.17, 15) is 9.59 Å². The molecule has 1 amide bonds. The van der Waals surface area contributed by atoms with Gasteiger partial charge in [0.05, 0.1) is 18.4 Å². The Kier molecular flexibility index (Phi) is 5.67. The summed E-state index contributed by atoms with van der Waals surface area (Å²) in [6.07, 6.45) is 0.900. The van der Waals surface area contributed by atoms with E-state index in [1.807, 2.05) is 66.7 Å². The number of hydrogen-bond donors (Lipinski definition) is 1. The number of methoxy groups -OCH3 is 1. The lowest BCUT2D eigenvalue weighted by atomic mass is 9.89. The van der Waals surface area contributed by atoms with Crippen LogP contribution in [0.5, 0.6) is 0 Å². The number of ether oxygens (including phenoxy) is 2. The van der Waals surface area contributed by atoms with Crippen molar-refractivity contribution < 1.29 is 19.1 Å². The molecular weight excluding hydrogens is 390 g/mol. The molecule has 4 aromatic rings. The van der Waals surface area contributed by atoms with E-state index >= 15 is 0 Å². The molecule has 31 heavy (non-hydrogen) atoms. The zero-order valence-electron chi connectivity index (χ0n) is 17.1. The van der Waals surface area contributed by atoms with Gasteiger partial charge in [0.1, 0.15) is 6.61 Å². The van der Waals surface area contributed by atoms with Crippen LogP contribution in [0, 0.1) is 0 Å². The molecule has 0 aliphatic heterocycles. The van der Waals surface area contributed by atoms with Gasteiger partial charge in [0.15, 0.2) is 0 Å². The van der Waals surface area contributed by atoms with Crippen LogP contribution in [-0.4, -0.2) is 25.8 Å². The van der Waals surface area contributed by atoms with Gasteiger partial charge in [0.25, 0.3) is 0 Å². The average molecular weight is 411 g/mol. The molecule has 0 saturated heterocycles. The largest absolute Gasteiger partial charge is 0.465 e. The Bertz CT molecular complexity index is 1310. The molecule has 0 aliphatic rings. The Morgan fingerprint density at radius 3 is 2.13 bits per heavy atom. The monoisotopic (exact) mass is 411 g/mol. The number of amides is 1. The minimum absolute atomic E-state index is 0.0937. The number of anilines is 1. The molecule has 4 aromatic carbocycles. The second kappa shape index (κ2) is 8.71. The minimum atomic E-state index is -0.601. The first-order valence-electron chi connectivity index (χ1n) is 9.81. The minimum Gasteiger partial charge on any atom is -0.465 e. The second-order valence-electron chi connectivity index (χ2n) is 6.92. The summed E-state index contributed by atoms with van der Waals surface area (Å²) in [4.78, 5) is 25.1. The maximum absolute atomic E-state index is 12.7. The number of carbonyl (C=O) groups excluding carboxylic acids is 2. The number of carbonyl (C=O) groups is 2. The van der Waals surface area contributed by atoms with Gasteiger partial charge in [-0.05, 0) is 33.7 Å². The Labute approximate surface area is 179 Å². The summed E-state index contributed by atoms with van der Waals surface area (Å²) in [5, 5.41) is 6.55. The number of esters is 1. The van der Waals surface area contributed by atoms with Gasteiger partial charge >= 0.3 is 12.1 Å². The van der Waals surface area contributed by atoms with Crippen LogP contribution in [0.25, 0.3) is 32.7 Å². The quantitative estimate of drug-likeness (QED) is 0.315. The fourth-order valence-electron chi connectivity index (χ4n) is 3.75. The van der Waals surface area contributed by atoms with E-state index in [0.29, 0.717) is 16.8 Å². The molecule has 0 atom stereocenters. The smallest absolute Gasteiger partial charge is 0.411 e. The van der Waals surface area contributed by atoms with E-state index in [1.54, 1.807) is 6.07 Å². The van der Waals surface area contributed by atoms with Crippen molar-refractivity contribution in [3.05, 3.63) is 91.0 Å². The van der Waals surface area contributed by atoms with Gasteiger partial charge in [-0.2, -0.15) is 0 Å². The number of benzene rings is 4. The van der Waals surface area contributed by atoms with Crippen molar-refractivity contribution in [1.29, 1.82) is 0 Å². The van der Waals surface area contributed by atoms with Crippen molar-refractivity contribution >= 4 is 39.3 Å². The van der Waals surface area contributed by atoms with Crippen molar-refractivity contribution in [3.63, 3.8) is 0 Å². The zero-order valence-corrected chi connectivity index (χ0v) is 17.1. The third kappa shape index (κ3) is 3.85. The Balaban J connectivity index is 2.06. The molecule has 0 unspecified atom stereocenters. The number of fused-ring (bicyclic) bond motifs is 2. The molecular formula is C26H21NO4. The second-order valence-corrected chi connectivity index (χ2v) is 6.92. The van der Waals surface area contributed by atoms with Crippen molar-refractivity contribution in [3.8, 4) is 11.1 Å². The molecule has 0 spiro atoms. The molecule has 4 rings (SSSR count). The highest BCUT2D eigenvalue weighted by atomic mass is 16.5. The highest BCUT2D eigenvalue weighted by Crippen LogP contribution is 2.41. The van der Waals surface area contributed by atoms with Gasteiger partial charge in [0.2, 0.25) is 0 Å². The predicted octanol–water partition coefficient (Wildman–Crippen LogP) is 6.18. The van der Waals surface area contributed by atoms with Gasteiger partial charge in [-0.1, -0.05) is 73.3 Å². The molecule has 1 N–H and O–H groups in total. The first kappa shape index (κ1) is 20.2. The summed E-state index contributed by atoms with van der Waals surface area (Å²) >= 11 is 0. The van der Waals surface area contributed by atoms with Crippen molar-refractivity contribution in [1.82, 2.24) is 0 Å². The van der Waals surface area contributed by atoms with Crippen LogP contribution in [-0.2, 0) is 9.47 Å². The summed E-state index contributed by atoms with van der Waals surface area (Å²) < 4.78 is 10.2. The topological polar surface area (TPSA) is 64.6 Å². The van der Waals surface area contributed by atoms with E-state index in [1.165, 1.54) is 13.2 Å². The van der Waals surface area contributed by atoms with Gasteiger partial charge in [0, 0.05) is 11.1 Å². The van der Waals surface area contributed by atoms with Gasteiger partial charge < -0.3 is 9.47 Å². The number of nitrogens with one attached hydrogen (secondary N) is 1. The van der Waals surface area contributed by atoms with E-state index < -0.39 is 12.1 Å². The molecule has 0 fully saturated rings. The highest BCUT2D eigenvalue weighted by molar-refractivity contribution is 6.16. The SMILES string of the molecule is C=CCOC(=O)Nc1ccc2ccccc2c1-c1c(C(=O)OC)ccc2ccccc12. The highest BCUT2D eigenvalue weighted by Gasteiger charge is 2.22. The van der Waals surface area contributed by atoms with Crippen LogP contribution < -0.4 is 5.32 Å². The first-order chi connectivity index (χ1) is 15.1. The summed E-state index contributed by atoms with van der Waals surface area (Å²) in [5.74, 6) is -0.450. The molecule has 0 bridgehead atoms. The van der Waals surface area contributed by atoms with Crippen molar-refractivity contribution in [2.75, 3.05) is 19.0 Å². The van der Waals surface area contributed by atoms with Crippen molar-refractivity contribution in [2.24, 2.45) is 0 Å². The van der Waals surface area contributed by atoms with E-state index in [-0.39, 0.29) is 6.61 Å². The lowest BCUT2D eigenvalue weighted by molar-refractivity contribution is 0.0601. The Hall–Kier alpha value is -4.12. The van der Waals surface area contributed by atoms with Gasteiger partial charge in [-0.15, -0.1) is 0 Å². The third-order valence-electron chi connectivity index (χ3n) is 5.08. The summed E-state index contributed by atoms with van der Waals surface area (Å²) in [5.41, 5.74) is 2.38. The van der Waals surface area contributed by atoms with Gasteiger partial charge in [-0.3, -0.25) is 5.32 Å². The van der Waals surface area contributed by atoms with Crippen LogP contribution in [0.1, 0.15) is 10.4 Å². The number of hydrogen-bond acceptors (Lipinski definition) is 4. The predicted molar refractivity (Wildman–Crippen MR) is 123 cm³/mol. The molecule has 0 aromatic heterocycles. The maximum atomic E-state index is 12.7. The summed E-state index contributed by atoms with van der Waals surface area (Å²) in [6.45, 7) is 3.66. The maximum Gasteiger partial charge on any atom is 0.411 e. The molecule has 0 saturated carbocycles. The standard InChI is InChI=1S/C26H21NO4/c1-3-16-31-26(29)27-22-15-13-18-9-5-7-11-20(18)24(22)23-19-10-6-4-8-17(19)12-14-21(23)25(28)30-2/h3-15H,1,16H2,2H3,(H,27,29). The number of rotatable bonds is 5. The lowest BCUT2D eigenvalue weighted by Gasteiger charge is -2.18. The van der Waals surface area contributed by atoms with Gasteiger partial charge in [-0.25, -0.2) is 9.59 Å². The fourth-order valence-corrected chi connectivity index (χ4v) is 3.75. The van der Waals surface area contributed by atoms with Crippen LogP contribution >= 0.6 is 0 Å². The normalized spacial score (nSPS) is 10.6. The van der Waals surface area contributed by atoms with Crippen molar-refractivity contribution in [2.45, 2.75) is 0 Å². The Morgan fingerprint density at radius 2 is 1.48 bits per heavy atom. The third-order valence-corrected chi connectivity index (χ3v) is 5.08. The molecule has 0 aliphatic carbocycles. The Morgan fingerprint density at radius 1 is 0.871 bits per heavy atom. The molecule has 0 radical (unpaired) electrons. The van der Waals surface area contributed by atoms with E-state index in [2.05, 4.69) is 11.9 Å². The van der Waals surface area contributed by atoms with E-state index in [4.69, 9.17) is 9.47 Å². The lowest BCUT2D eigenvalue weighted by Crippen LogP contribution is -2.15. The van der Waals surface area contributed by atoms with Crippen LogP contribution in [0.15, 0.2) is 85.5 Å². The van der Waals surface area contributed by atoms with Crippen LogP contribution in [0.4, 0.5) is 10.5 Å². The summed E-state index contributed by atoms with van der Waals surface area (Å²) in [6, 6.07) is 23.0. The zero-order chi connectivity index (χ0) is 21.8. The first-order valence-corrected chi connectivity index (χ1v) is 9.81. The van der Waals surface area contributed by atoms with Crippen LogP contribution in [0.3, 0.4) is 0 Å². The van der Waals surface area contributed by atoms with Crippen LogP contribution in [0.2, 0.25) is 0 Å². The average Bonchev–Trinajstić information content (AvgIpc) is 2.81. The molecule has 0 heterocycles. The molecule has 5 heteroatoms. The molecule has 154 valence electrons. The molecule has 5 nitrogen and oxygen atoms in total. The fraction of sp³-hybridized carbons (Fsp3) is 0.0769.